The third kappa shape index (κ3) is 4.32. The highest BCUT2D eigenvalue weighted by atomic mass is 79.9. The van der Waals surface area contributed by atoms with E-state index in [2.05, 4.69) is 45.2 Å². The number of halogens is 1. The number of amides is 1. The molecular weight excluding hydrogens is 536 g/mol. The molecule has 0 radical (unpaired) electrons. The molecule has 2 saturated heterocycles. The summed E-state index contributed by atoms with van der Waals surface area (Å²) in [6.07, 6.45) is 4.09. The van der Waals surface area contributed by atoms with Crippen LogP contribution in [0.3, 0.4) is 0 Å². The first kappa shape index (κ1) is 24.1. The highest BCUT2D eigenvalue weighted by Gasteiger charge is 2.52. The molecule has 2 fully saturated rings. The third-order valence-corrected chi connectivity index (χ3v) is 8.49. The van der Waals surface area contributed by atoms with Crippen molar-refractivity contribution in [3.8, 4) is 11.1 Å². The second kappa shape index (κ2) is 9.58. The van der Waals surface area contributed by atoms with E-state index < -0.39 is 18.2 Å². The molecule has 2 bridgehead atoms. The number of benzene rings is 2. The molecule has 2 aromatic carbocycles. The number of aromatic nitrogens is 1. The molecule has 1 N–H and O–H groups in total. The number of carboxylic acid groups (broad SMARTS) is 1. The highest BCUT2D eigenvalue weighted by Crippen LogP contribution is 2.49. The summed E-state index contributed by atoms with van der Waals surface area (Å²) in [6, 6.07) is 20.2. The van der Waals surface area contributed by atoms with Crippen molar-refractivity contribution in [2.75, 3.05) is 13.2 Å². The summed E-state index contributed by atoms with van der Waals surface area (Å²) in [5.74, 6) is -1.01. The maximum absolute atomic E-state index is 13.4. The van der Waals surface area contributed by atoms with Crippen molar-refractivity contribution in [3.05, 3.63) is 88.2 Å². The molecule has 3 aromatic rings. The number of nitrogens with zero attached hydrogens (tertiary/aromatic N) is 2. The fourth-order valence-corrected chi connectivity index (χ4v) is 6.69. The normalized spacial score (nSPS) is 24.0. The van der Waals surface area contributed by atoms with Crippen LogP contribution in [0.1, 0.15) is 48.3 Å². The molecule has 2 atom stereocenters. The van der Waals surface area contributed by atoms with E-state index >= 15 is 0 Å². The Morgan fingerprint density at radius 1 is 0.973 bits per heavy atom. The van der Waals surface area contributed by atoms with E-state index in [9.17, 15) is 14.7 Å². The van der Waals surface area contributed by atoms with Crippen LogP contribution in [0.25, 0.3) is 11.1 Å². The van der Waals surface area contributed by atoms with E-state index in [-0.39, 0.29) is 30.7 Å². The van der Waals surface area contributed by atoms with Gasteiger partial charge in [-0.1, -0.05) is 54.6 Å². The van der Waals surface area contributed by atoms with Crippen LogP contribution in [0.5, 0.6) is 0 Å². The Morgan fingerprint density at radius 3 is 2.16 bits per heavy atom. The molecule has 0 spiro atoms. The molecule has 1 amide bonds. The summed E-state index contributed by atoms with van der Waals surface area (Å²) in [5, 5.41) is 9.32. The second-order valence-corrected chi connectivity index (χ2v) is 10.9. The van der Waals surface area contributed by atoms with E-state index in [4.69, 9.17) is 9.47 Å². The van der Waals surface area contributed by atoms with Crippen LogP contribution in [0.4, 0.5) is 4.79 Å². The van der Waals surface area contributed by atoms with Crippen molar-refractivity contribution >= 4 is 28.0 Å². The third-order valence-electron chi connectivity index (χ3n) is 8.02. The van der Waals surface area contributed by atoms with Gasteiger partial charge in [-0.3, -0.25) is 0 Å². The summed E-state index contributed by atoms with van der Waals surface area (Å²) >= 11 is 3.36. The van der Waals surface area contributed by atoms with Gasteiger partial charge in [0.2, 0.25) is 0 Å². The highest BCUT2D eigenvalue weighted by molar-refractivity contribution is 9.10. The maximum atomic E-state index is 13.4. The van der Waals surface area contributed by atoms with E-state index in [0.29, 0.717) is 17.4 Å². The second-order valence-electron chi connectivity index (χ2n) is 10.1. The fraction of sp³-hybridized carbons (Fsp3) is 0.345. The Balaban J connectivity index is 1.20. The van der Waals surface area contributed by atoms with Crippen molar-refractivity contribution in [3.63, 3.8) is 0 Å². The SMILES string of the molecule is O=C(O)COC1(c2ccc(Br)nc2)CC2CCC(C1)N2C(=O)OCC1c2ccccc2-c2ccccc21. The number of pyridine rings is 1. The predicted molar refractivity (Wildman–Crippen MR) is 140 cm³/mol. The average molecular weight is 563 g/mol. The number of hydrogen-bond donors (Lipinski definition) is 1. The van der Waals surface area contributed by atoms with Crippen LogP contribution in [-0.4, -0.2) is 52.4 Å². The van der Waals surface area contributed by atoms with Crippen LogP contribution in [0.15, 0.2) is 71.5 Å². The number of aliphatic carboxylic acids is 1. The van der Waals surface area contributed by atoms with E-state index in [1.165, 1.54) is 22.3 Å². The summed E-state index contributed by atoms with van der Waals surface area (Å²) in [7, 11) is 0. The molecule has 8 heteroatoms. The number of ether oxygens (including phenoxy) is 2. The molecule has 0 saturated carbocycles. The van der Waals surface area contributed by atoms with E-state index in [0.717, 1.165) is 18.4 Å². The molecule has 3 aliphatic rings. The van der Waals surface area contributed by atoms with Crippen molar-refractivity contribution in [2.24, 2.45) is 0 Å². The van der Waals surface area contributed by atoms with Crippen molar-refractivity contribution in [2.45, 2.75) is 49.3 Å². The van der Waals surface area contributed by atoms with Gasteiger partial charge < -0.3 is 19.5 Å². The van der Waals surface area contributed by atoms with Gasteiger partial charge in [0.05, 0.1) is 5.60 Å². The van der Waals surface area contributed by atoms with Gasteiger partial charge in [0.15, 0.2) is 0 Å². The standard InChI is InChI=1S/C29H27BrN2O5/c30-26-12-9-18(15-31-26)29(37-17-27(33)34)13-19-10-11-20(14-29)32(19)28(35)36-16-25-23-7-3-1-5-21(23)22-6-2-4-8-24(22)25/h1-9,12,15,19-20,25H,10-11,13-14,16-17H2,(H,33,34). The smallest absolute Gasteiger partial charge is 0.410 e. The number of piperidine rings is 1. The largest absolute Gasteiger partial charge is 0.480 e. The van der Waals surface area contributed by atoms with Gasteiger partial charge in [0, 0.05) is 42.6 Å². The number of carbonyl (C=O) groups excluding carboxylic acids is 1. The average Bonchev–Trinajstić information content (AvgIpc) is 3.38. The lowest BCUT2D eigenvalue weighted by atomic mass is 9.81. The minimum absolute atomic E-state index is 0.00521. The molecule has 2 unspecified atom stereocenters. The zero-order valence-corrected chi connectivity index (χ0v) is 21.8. The lowest BCUT2D eigenvalue weighted by Crippen LogP contribution is -2.53. The fourth-order valence-electron chi connectivity index (χ4n) is 6.46. The molecule has 3 heterocycles. The van der Waals surface area contributed by atoms with Crippen LogP contribution in [0, 0.1) is 0 Å². The minimum Gasteiger partial charge on any atom is -0.480 e. The molecule has 2 aliphatic heterocycles. The number of fused-ring (bicyclic) bond motifs is 5. The van der Waals surface area contributed by atoms with Gasteiger partial charge in [-0.25, -0.2) is 14.6 Å². The van der Waals surface area contributed by atoms with Gasteiger partial charge in [-0.15, -0.1) is 0 Å². The van der Waals surface area contributed by atoms with Crippen molar-refractivity contribution < 1.29 is 24.2 Å². The molecule has 6 rings (SSSR count). The van der Waals surface area contributed by atoms with Crippen molar-refractivity contribution in [1.82, 2.24) is 9.88 Å². The quantitative estimate of drug-likeness (QED) is 0.387. The summed E-state index contributed by atoms with van der Waals surface area (Å²) < 4.78 is 12.7. The Kier molecular flexibility index (Phi) is 6.24. The van der Waals surface area contributed by atoms with Crippen LogP contribution in [0.2, 0.25) is 0 Å². The number of rotatable bonds is 6. The molecule has 37 heavy (non-hydrogen) atoms. The van der Waals surface area contributed by atoms with Gasteiger partial charge in [-0.05, 0) is 57.1 Å². The van der Waals surface area contributed by atoms with Crippen LogP contribution >= 0.6 is 15.9 Å². The topological polar surface area (TPSA) is 89.0 Å². The number of hydrogen-bond acceptors (Lipinski definition) is 5. The van der Waals surface area contributed by atoms with E-state index in [1.54, 1.807) is 6.20 Å². The molecule has 7 nitrogen and oxygen atoms in total. The Hall–Kier alpha value is -3.23. The predicted octanol–water partition coefficient (Wildman–Crippen LogP) is 5.72. The number of carbonyl (C=O) groups is 2. The van der Waals surface area contributed by atoms with Gasteiger partial charge in [0.25, 0.3) is 0 Å². The van der Waals surface area contributed by atoms with Crippen LogP contribution < -0.4 is 0 Å². The first-order valence-electron chi connectivity index (χ1n) is 12.6. The van der Waals surface area contributed by atoms with Crippen LogP contribution in [-0.2, 0) is 19.9 Å². The summed E-state index contributed by atoms with van der Waals surface area (Å²) in [4.78, 5) is 31.0. The molecule has 1 aliphatic carbocycles. The zero-order valence-electron chi connectivity index (χ0n) is 20.2. The monoisotopic (exact) mass is 562 g/mol. The summed E-state index contributed by atoms with van der Waals surface area (Å²) in [5.41, 5.74) is 4.78. The lowest BCUT2D eigenvalue weighted by Gasteiger charge is -2.45. The van der Waals surface area contributed by atoms with E-state index in [1.807, 2.05) is 41.3 Å². The van der Waals surface area contributed by atoms with Gasteiger partial charge in [0.1, 0.15) is 17.8 Å². The maximum Gasteiger partial charge on any atom is 0.410 e. The minimum atomic E-state index is -1.02. The molecule has 190 valence electrons. The Bertz CT molecular complexity index is 1280. The lowest BCUT2D eigenvalue weighted by molar-refractivity contribution is -0.157. The zero-order chi connectivity index (χ0) is 25.6. The Labute approximate surface area is 223 Å². The Morgan fingerprint density at radius 2 is 1.59 bits per heavy atom. The van der Waals surface area contributed by atoms with Gasteiger partial charge in [-0.2, -0.15) is 0 Å². The molecular formula is C29H27BrN2O5. The summed E-state index contributed by atoms with van der Waals surface area (Å²) in [6.45, 7) is -0.124. The number of carboxylic acids is 1. The van der Waals surface area contributed by atoms with Gasteiger partial charge >= 0.3 is 12.1 Å². The molecule has 1 aromatic heterocycles. The first-order chi connectivity index (χ1) is 17.9. The van der Waals surface area contributed by atoms with Crippen molar-refractivity contribution in [1.29, 1.82) is 0 Å². The first-order valence-corrected chi connectivity index (χ1v) is 13.4.